The van der Waals surface area contributed by atoms with Gasteiger partial charge in [0.1, 0.15) is 11.6 Å². The van der Waals surface area contributed by atoms with E-state index in [9.17, 15) is 14.9 Å². The van der Waals surface area contributed by atoms with Crippen molar-refractivity contribution < 1.29 is 14.7 Å². The zero-order valence-corrected chi connectivity index (χ0v) is 14.6. The Morgan fingerprint density at radius 3 is 2.58 bits per heavy atom. The van der Waals surface area contributed by atoms with Crippen LogP contribution >= 0.6 is 0 Å². The number of likely N-dealkylation sites (N-methyl/N-ethyl adjacent to an activating group) is 1. The van der Waals surface area contributed by atoms with Crippen LogP contribution in [0.3, 0.4) is 0 Å². The third-order valence-electron chi connectivity index (χ3n) is 4.37. The fourth-order valence-corrected chi connectivity index (χ4v) is 2.73. The minimum Gasteiger partial charge on any atom is -0.481 e. The third kappa shape index (κ3) is 7.01. The van der Waals surface area contributed by atoms with E-state index in [2.05, 4.69) is 17.3 Å². The highest BCUT2D eigenvalue weighted by molar-refractivity contribution is 5.97. The maximum absolute atomic E-state index is 12.4. The maximum Gasteiger partial charge on any atom is 0.303 e. The van der Waals surface area contributed by atoms with Gasteiger partial charge in [-0.15, -0.1) is 0 Å². The standard InChI is InChI=1S/C17H28N4O3/c1-20-10-7-15(8-11-20)21(2)17(24)14(12-18)13-19-9-5-3-4-6-16(22)23/h13,15,19H,3-11H2,1-2H3,(H,22,23)/b14-13-. The van der Waals surface area contributed by atoms with E-state index in [4.69, 9.17) is 5.11 Å². The average molecular weight is 336 g/mol. The molecule has 0 radical (unpaired) electrons. The molecule has 24 heavy (non-hydrogen) atoms. The molecule has 0 bridgehead atoms. The van der Waals surface area contributed by atoms with Crippen molar-refractivity contribution in [1.29, 1.82) is 5.26 Å². The molecule has 1 rings (SSSR count). The number of nitriles is 1. The van der Waals surface area contributed by atoms with Crippen LogP contribution in [0.4, 0.5) is 0 Å². The molecule has 0 saturated carbocycles. The van der Waals surface area contributed by atoms with Crippen LogP contribution in [0.5, 0.6) is 0 Å². The number of aliphatic carboxylic acids is 1. The Kier molecular flexibility index (Phi) is 8.87. The van der Waals surface area contributed by atoms with E-state index in [1.54, 1.807) is 11.9 Å². The Labute approximate surface area is 143 Å². The molecule has 7 heteroatoms. The number of piperidine rings is 1. The van der Waals surface area contributed by atoms with E-state index in [1.165, 1.54) is 6.20 Å². The van der Waals surface area contributed by atoms with Gasteiger partial charge < -0.3 is 20.2 Å². The molecule has 0 unspecified atom stereocenters. The summed E-state index contributed by atoms with van der Waals surface area (Å²) in [5.41, 5.74) is 0.113. The summed E-state index contributed by atoms with van der Waals surface area (Å²) in [6.07, 6.45) is 5.76. The van der Waals surface area contributed by atoms with Crippen LogP contribution in [0.2, 0.25) is 0 Å². The topological polar surface area (TPSA) is 96.7 Å². The van der Waals surface area contributed by atoms with E-state index < -0.39 is 5.97 Å². The number of rotatable bonds is 9. The SMILES string of the molecule is CN1CCC(N(C)C(=O)/C(C#N)=C\NCCCCCC(=O)O)CC1. The zero-order chi connectivity index (χ0) is 17.9. The van der Waals surface area contributed by atoms with E-state index in [0.717, 1.165) is 38.8 Å². The lowest BCUT2D eigenvalue weighted by molar-refractivity contribution is -0.137. The summed E-state index contributed by atoms with van der Waals surface area (Å²) in [5, 5.41) is 20.7. The van der Waals surface area contributed by atoms with Gasteiger partial charge in [0.2, 0.25) is 0 Å². The van der Waals surface area contributed by atoms with Crippen LogP contribution in [-0.2, 0) is 9.59 Å². The quantitative estimate of drug-likeness (QED) is 0.373. The molecule has 1 amide bonds. The van der Waals surface area contributed by atoms with Gasteiger partial charge in [-0.2, -0.15) is 5.26 Å². The number of nitrogens with zero attached hydrogens (tertiary/aromatic N) is 3. The lowest BCUT2D eigenvalue weighted by atomic mass is 10.0. The Morgan fingerprint density at radius 2 is 2.00 bits per heavy atom. The van der Waals surface area contributed by atoms with Gasteiger partial charge in [-0.3, -0.25) is 9.59 Å². The number of carbonyl (C=O) groups excluding carboxylic acids is 1. The predicted octanol–water partition coefficient (Wildman–Crippen LogP) is 1.18. The first-order chi connectivity index (χ1) is 11.5. The molecule has 0 aromatic heterocycles. The van der Waals surface area contributed by atoms with Crippen LogP contribution in [0, 0.1) is 11.3 Å². The van der Waals surface area contributed by atoms with Crippen molar-refractivity contribution in [3.05, 3.63) is 11.8 Å². The van der Waals surface area contributed by atoms with Crippen LogP contribution in [0.25, 0.3) is 0 Å². The lowest BCUT2D eigenvalue weighted by Crippen LogP contribution is -2.45. The van der Waals surface area contributed by atoms with Crippen molar-refractivity contribution in [2.75, 3.05) is 33.7 Å². The van der Waals surface area contributed by atoms with Crippen molar-refractivity contribution in [1.82, 2.24) is 15.1 Å². The second-order valence-electron chi connectivity index (χ2n) is 6.28. The number of unbranched alkanes of at least 4 members (excludes halogenated alkanes) is 2. The van der Waals surface area contributed by atoms with Crippen molar-refractivity contribution in [3.63, 3.8) is 0 Å². The molecule has 134 valence electrons. The zero-order valence-electron chi connectivity index (χ0n) is 14.6. The molecule has 1 saturated heterocycles. The Bertz CT molecular complexity index is 491. The molecule has 1 aliphatic heterocycles. The summed E-state index contributed by atoms with van der Waals surface area (Å²) in [4.78, 5) is 26.7. The number of hydrogen-bond donors (Lipinski definition) is 2. The molecule has 1 fully saturated rings. The molecule has 0 spiro atoms. The van der Waals surface area contributed by atoms with Gasteiger partial charge in [0.25, 0.3) is 5.91 Å². The maximum atomic E-state index is 12.4. The number of nitrogens with one attached hydrogen (secondary N) is 1. The molecule has 1 aliphatic rings. The Morgan fingerprint density at radius 1 is 1.33 bits per heavy atom. The first kappa shape index (κ1) is 20.0. The van der Waals surface area contributed by atoms with Crippen LogP contribution in [0.15, 0.2) is 11.8 Å². The Hall–Kier alpha value is -2.07. The molecule has 0 aliphatic carbocycles. The highest BCUT2D eigenvalue weighted by Gasteiger charge is 2.25. The van der Waals surface area contributed by atoms with Crippen molar-refractivity contribution in [2.45, 2.75) is 44.6 Å². The van der Waals surface area contributed by atoms with Crippen molar-refractivity contribution >= 4 is 11.9 Å². The summed E-state index contributed by atoms with van der Waals surface area (Å²) < 4.78 is 0. The van der Waals surface area contributed by atoms with Gasteiger partial charge in [0, 0.05) is 32.3 Å². The summed E-state index contributed by atoms with van der Waals surface area (Å²) in [6.45, 7) is 2.54. The molecular formula is C17H28N4O3. The molecule has 0 aromatic carbocycles. The average Bonchev–Trinajstić information content (AvgIpc) is 2.56. The van der Waals surface area contributed by atoms with Gasteiger partial charge >= 0.3 is 5.97 Å². The second-order valence-corrected chi connectivity index (χ2v) is 6.28. The number of carboxylic acids is 1. The lowest BCUT2D eigenvalue weighted by Gasteiger charge is -2.34. The summed E-state index contributed by atoms with van der Waals surface area (Å²) in [5.74, 6) is -1.03. The monoisotopic (exact) mass is 336 g/mol. The minimum atomic E-state index is -0.780. The number of amides is 1. The first-order valence-corrected chi connectivity index (χ1v) is 8.47. The fourth-order valence-electron chi connectivity index (χ4n) is 2.73. The van der Waals surface area contributed by atoms with E-state index in [1.807, 2.05) is 6.07 Å². The normalized spacial score (nSPS) is 16.5. The predicted molar refractivity (Wildman–Crippen MR) is 91.1 cm³/mol. The first-order valence-electron chi connectivity index (χ1n) is 8.47. The molecule has 0 aromatic rings. The highest BCUT2D eigenvalue weighted by Crippen LogP contribution is 2.15. The molecule has 2 N–H and O–H groups in total. The van der Waals surface area contributed by atoms with E-state index in [-0.39, 0.29) is 23.9 Å². The summed E-state index contributed by atoms with van der Waals surface area (Å²) in [6, 6.07) is 2.15. The van der Waals surface area contributed by atoms with E-state index >= 15 is 0 Å². The van der Waals surface area contributed by atoms with Gasteiger partial charge in [-0.1, -0.05) is 6.42 Å². The minimum absolute atomic E-state index is 0.113. The van der Waals surface area contributed by atoms with Crippen LogP contribution < -0.4 is 5.32 Å². The van der Waals surface area contributed by atoms with Gasteiger partial charge in [0.05, 0.1) is 0 Å². The highest BCUT2D eigenvalue weighted by atomic mass is 16.4. The molecule has 1 heterocycles. The van der Waals surface area contributed by atoms with Crippen LogP contribution in [0.1, 0.15) is 38.5 Å². The Balaban J connectivity index is 2.36. The van der Waals surface area contributed by atoms with Gasteiger partial charge in [0.15, 0.2) is 0 Å². The smallest absolute Gasteiger partial charge is 0.303 e. The third-order valence-corrected chi connectivity index (χ3v) is 4.37. The van der Waals surface area contributed by atoms with Crippen molar-refractivity contribution in [2.24, 2.45) is 0 Å². The molecule has 7 nitrogen and oxygen atoms in total. The fraction of sp³-hybridized carbons (Fsp3) is 0.706. The van der Waals surface area contributed by atoms with Gasteiger partial charge in [-0.05, 0) is 45.8 Å². The van der Waals surface area contributed by atoms with Crippen LogP contribution in [-0.4, -0.2) is 66.6 Å². The second kappa shape index (κ2) is 10.7. The number of carboxylic acid groups (broad SMARTS) is 1. The number of likely N-dealkylation sites (tertiary alicyclic amines) is 1. The van der Waals surface area contributed by atoms with E-state index in [0.29, 0.717) is 13.0 Å². The summed E-state index contributed by atoms with van der Waals surface area (Å²) in [7, 11) is 3.83. The van der Waals surface area contributed by atoms with Gasteiger partial charge in [-0.25, -0.2) is 0 Å². The number of hydrogen-bond acceptors (Lipinski definition) is 5. The molecular weight excluding hydrogens is 308 g/mol. The largest absolute Gasteiger partial charge is 0.481 e. The van der Waals surface area contributed by atoms with Crippen molar-refractivity contribution in [3.8, 4) is 6.07 Å². The molecule has 0 atom stereocenters. The number of carbonyl (C=O) groups is 2. The summed E-state index contributed by atoms with van der Waals surface area (Å²) >= 11 is 0.